The standard InChI is InChI=1S/C17H27NO3/c1-3-5-9-18(10-6-4-2)16(19)14-12-7-8-13(11-12)15(14)17(20)21/h7-8,12-15H,3-6,9-11H2,1-2H3,(H,20,21)/t12-,13-,14+,15-/m0/s1. The number of amides is 1. The summed E-state index contributed by atoms with van der Waals surface area (Å²) in [6.07, 6.45) is 8.97. The molecule has 2 bridgehead atoms. The van der Waals surface area contributed by atoms with E-state index in [0.717, 1.165) is 45.2 Å². The maximum Gasteiger partial charge on any atom is 0.307 e. The molecule has 1 amide bonds. The molecule has 21 heavy (non-hydrogen) atoms. The summed E-state index contributed by atoms with van der Waals surface area (Å²) in [6.45, 7) is 5.75. The summed E-state index contributed by atoms with van der Waals surface area (Å²) < 4.78 is 0. The number of rotatable bonds is 8. The largest absolute Gasteiger partial charge is 0.481 e. The first-order valence-corrected chi connectivity index (χ1v) is 8.30. The van der Waals surface area contributed by atoms with Crippen LogP contribution in [0.25, 0.3) is 0 Å². The molecule has 4 nitrogen and oxygen atoms in total. The number of hydrogen-bond acceptors (Lipinski definition) is 2. The molecule has 0 radical (unpaired) electrons. The highest BCUT2D eigenvalue weighted by atomic mass is 16.4. The smallest absolute Gasteiger partial charge is 0.307 e. The second kappa shape index (κ2) is 7.10. The maximum absolute atomic E-state index is 12.9. The third kappa shape index (κ3) is 3.30. The Morgan fingerprint density at radius 3 is 2.05 bits per heavy atom. The second-order valence-corrected chi connectivity index (χ2v) is 6.37. The van der Waals surface area contributed by atoms with Gasteiger partial charge < -0.3 is 10.0 Å². The van der Waals surface area contributed by atoms with E-state index in [-0.39, 0.29) is 23.7 Å². The van der Waals surface area contributed by atoms with E-state index in [1.165, 1.54) is 0 Å². The Labute approximate surface area is 127 Å². The Morgan fingerprint density at radius 1 is 1.05 bits per heavy atom. The van der Waals surface area contributed by atoms with Crippen LogP contribution in [0, 0.1) is 23.7 Å². The van der Waals surface area contributed by atoms with Gasteiger partial charge in [-0.2, -0.15) is 0 Å². The van der Waals surface area contributed by atoms with Gasteiger partial charge in [0.25, 0.3) is 0 Å². The maximum atomic E-state index is 12.9. The van der Waals surface area contributed by atoms with Crippen LogP contribution in [-0.2, 0) is 9.59 Å². The van der Waals surface area contributed by atoms with Crippen molar-refractivity contribution in [2.24, 2.45) is 23.7 Å². The molecule has 4 atom stereocenters. The molecule has 4 heteroatoms. The second-order valence-electron chi connectivity index (χ2n) is 6.37. The predicted octanol–water partition coefficient (Wildman–Crippen LogP) is 2.94. The van der Waals surface area contributed by atoms with Gasteiger partial charge in [-0.3, -0.25) is 9.59 Å². The summed E-state index contributed by atoms with van der Waals surface area (Å²) in [5, 5.41) is 9.48. The third-order valence-electron chi connectivity index (χ3n) is 4.90. The van der Waals surface area contributed by atoms with Gasteiger partial charge in [-0.1, -0.05) is 38.8 Å². The molecule has 0 aromatic heterocycles. The lowest BCUT2D eigenvalue weighted by molar-refractivity contribution is -0.151. The van der Waals surface area contributed by atoms with Crippen molar-refractivity contribution in [2.45, 2.75) is 46.0 Å². The number of nitrogens with zero attached hydrogens (tertiary/aromatic N) is 1. The van der Waals surface area contributed by atoms with Gasteiger partial charge in [0.15, 0.2) is 0 Å². The van der Waals surface area contributed by atoms with Crippen LogP contribution < -0.4 is 0 Å². The highest BCUT2D eigenvalue weighted by molar-refractivity contribution is 5.87. The van der Waals surface area contributed by atoms with Crippen molar-refractivity contribution in [3.05, 3.63) is 12.2 Å². The van der Waals surface area contributed by atoms with Gasteiger partial charge >= 0.3 is 5.97 Å². The van der Waals surface area contributed by atoms with E-state index >= 15 is 0 Å². The van der Waals surface area contributed by atoms with Gasteiger partial charge in [-0.05, 0) is 31.1 Å². The summed E-state index contributed by atoms with van der Waals surface area (Å²) in [4.78, 5) is 26.4. The number of allylic oxidation sites excluding steroid dienone is 2. The first-order chi connectivity index (χ1) is 10.1. The molecule has 2 aliphatic rings. The van der Waals surface area contributed by atoms with Crippen molar-refractivity contribution in [3.8, 4) is 0 Å². The lowest BCUT2D eigenvalue weighted by Gasteiger charge is -2.31. The molecule has 0 saturated heterocycles. The molecular formula is C17H27NO3. The molecule has 1 saturated carbocycles. The summed E-state index contributed by atoms with van der Waals surface area (Å²) in [7, 11) is 0. The first kappa shape index (κ1) is 16.1. The third-order valence-corrected chi connectivity index (χ3v) is 4.90. The number of hydrogen-bond donors (Lipinski definition) is 1. The minimum absolute atomic E-state index is 0.0562. The van der Waals surface area contributed by atoms with Crippen molar-refractivity contribution in [1.82, 2.24) is 4.90 Å². The van der Waals surface area contributed by atoms with E-state index in [1.807, 2.05) is 11.0 Å². The number of carbonyl (C=O) groups is 2. The Balaban J connectivity index is 2.11. The van der Waals surface area contributed by atoms with Crippen LogP contribution in [0.3, 0.4) is 0 Å². The van der Waals surface area contributed by atoms with Gasteiger partial charge in [0.1, 0.15) is 0 Å². The molecule has 0 aromatic rings. The van der Waals surface area contributed by atoms with E-state index in [9.17, 15) is 14.7 Å². The van der Waals surface area contributed by atoms with Crippen molar-refractivity contribution in [1.29, 1.82) is 0 Å². The molecule has 0 aliphatic heterocycles. The van der Waals surface area contributed by atoms with Crippen LogP contribution >= 0.6 is 0 Å². The van der Waals surface area contributed by atoms with Crippen LogP contribution in [0.5, 0.6) is 0 Å². The van der Waals surface area contributed by atoms with Gasteiger partial charge in [0.05, 0.1) is 11.8 Å². The van der Waals surface area contributed by atoms with Crippen molar-refractivity contribution in [2.75, 3.05) is 13.1 Å². The minimum Gasteiger partial charge on any atom is -0.481 e. The number of carbonyl (C=O) groups excluding carboxylic acids is 1. The number of unbranched alkanes of at least 4 members (excludes halogenated alkanes) is 2. The average molecular weight is 293 g/mol. The van der Waals surface area contributed by atoms with Crippen LogP contribution in [0.1, 0.15) is 46.0 Å². The Morgan fingerprint density at radius 2 is 1.57 bits per heavy atom. The summed E-state index contributed by atoms with van der Waals surface area (Å²) in [6, 6.07) is 0. The van der Waals surface area contributed by atoms with Crippen LogP contribution in [-0.4, -0.2) is 35.0 Å². The van der Waals surface area contributed by atoms with E-state index in [0.29, 0.717) is 0 Å². The summed E-state index contributed by atoms with van der Waals surface area (Å²) >= 11 is 0. The zero-order valence-corrected chi connectivity index (χ0v) is 13.1. The predicted molar refractivity (Wildman–Crippen MR) is 81.7 cm³/mol. The van der Waals surface area contributed by atoms with E-state index in [4.69, 9.17) is 0 Å². The fraction of sp³-hybridized carbons (Fsp3) is 0.765. The van der Waals surface area contributed by atoms with E-state index < -0.39 is 11.9 Å². The number of fused-ring (bicyclic) bond motifs is 2. The first-order valence-electron chi connectivity index (χ1n) is 8.30. The zero-order valence-electron chi connectivity index (χ0n) is 13.1. The fourth-order valence-corrected chi connectivity index (χ4v) is 3.74. The molecule has 2 aliphatic carbocycles. The quantitative estimate of drug-likeness (QED) is 0.700. The molecule has 1 fully saturated rings. The molecule has 0 unspecified atom stereocenters. The molecule has 0 heterocycles. The van der Waals surface area contributed by atoms with Crippen LogP contribution in [0.4, 0.5) is 0 Å². The molecular weight excluding hydrogens is 266 g/mol. The van der Waals surface area contributed by atoms with Crippen LogP contribution in [0.15, 0.2) is 12.2 Å². The topological polar surface area (TPSA) is 57.6 Å². The average Bonchev–Trinajstić information content (AvgIpc) is 3.07. The molecule has 2 rings (SSSR count). The number of aliphatic carboxylic acids is 1. The van der Waals surface area contributed by atoms with Crippen molar-refractivity contribution < 1.29 is 14.7 Å². The molecule has 1 N–H and O–H groups in total. The highest BCUT2D eigenvalue weighted by Gasteiger charge is 2.52. The Hall–Kier alpha value is -1.32. The lowest BCUT2D eigenvalue weighted by Crippen LogP contribution is -2.43. The Bertz CT molecular complexity index is 410. The van der Waals surface area contributed by atoms with Gasteiger partial charge in [-0.25, -0.2) is 0 Å². The summed E-state index contributed by atoms with van der Waals surface area (Å²) in [5.41, 5.74) is 0. The Kier molecular flexibility index (Phi) is 5.43. The molecule has 0 spiro atoms. The van der Waals surface area contributed by atoms with Crippen LogP contribution in [0.2, 0.25) is 0 Å². The molecule has 0 aromatic carbocycles. The highest BCUT2D eigenvalue weighted by Crippen LogP contribution is 2.48. The van der Waals surface area contributed by atoms with Gasteiger partial charge in [0.2, 0.25) is 5.91 Å². The molecule has 118 valence electrons. The van der Waals surface area contributed by atoms with Gasteiger partial charge in [0, 0.05) is 13.1 Å². The monoisotopic (exact) mass is 293 g/mol. The van der Waals surface area contributed by atoms with E-state index in [1.54, 1.807) is 0 Å². The van der Waals surface area contributed by atoms with Gasteiger partial charge in [-0.15, -0.1) is 0 Å². The van der Waals surface area contributed by atoms with Crippen molar-refractivity contribution in [3.63, 3.8) is 0 Å². The van der Waals surface area contributed by atoms with E-state index in [2.05, 4.69) is 19.9 Å². The van der Waals surface area contributed by atoms with Crippen molar-refractivity contribution >= 4 is 11.9 Å². The summed E-state index contributed by atoms with van der Waals surface area (Å²) in [5.74, 6) is -1.41. The lowest BCUT2D eigenvalue weighted by atomic mass is 9.82. The minimum atomic E-state index is -0.809. The zero-order chi connectivity index (χ0) is 15.4. The normalized spacial score (nSPS) is 29.8. The SMILES string of the molecule is CCCCN(CCCC)C(=O)[C@H]1[C@@H](C(=O)O)[C@H]2C=C[C@H]1C2. The fourth-order valence-electron chi connectivity index (χ4n) is 3.74. The number of carboxylic acid groups (broad SMARTS) is 1. The number of carboxylic acids is 1.